The van der Waals surface area contributed by atoms with Gasteiger partial charge in [0.2, 0.25) is 0 Å². The Morgan fingerprint density at radius 2 is 1.50 bits per heavy atom. The summed E-state index contributed by atoms with van der Waals surface area (Å²) in [5.74, 6) is -0.944. The first-order chi connectivity index (χ1) is 13.6. The number of hydrogen-bond donors (Lipinski definition) is 2. The summed E-state index contributed by atoms with van der Waals surface area (Å²) in [6.07, 6.45) is 0. The van der Waals surface area contributed by atoms with E-state index in [1.165, 1.54) is 18.2 Å². The number of carbonyl (C=O) groups is 2. The van der Waals surface area contributed by atoms with Gasteiger partial charge in [0.15, 0.2) is 0 Å². The molecule has 0 aliphatic carbocycles. The number of hydrogen-bond acceptors (Lipinski definition) is 3. The molecule has 0 fully saturated rings. The Labute approximate surface area is 162 Å². The van der Waals surface area contributed by atoms with Gasteiger partial charge in [0.1, 0.15) is 11.6 Å². The standard InChI is InChI=1S/C22H19FN2O3/c1-28-20-13-7-2-8-15(20)14-24-21(26)17-10-4-6-12-19(17)25-22(27)16-9-3-5-11-18(16)23/h2-13H,14H2,1H3,(H,24,26)(H,25,27). The van der Waals surface area contributed by atoms with Crippen LogP contribution in [-0.4, -0.2) is 18.9 Å². The number of ether oxygens (including phenoxy) is 1. The Morgan fingerprint density at radius 3 is 2.25 bits per heavy atom. The molecule has 0 spiro atoms. The van der Waals surface area contributed by atoms with Gasteiger partial charge in [-0.25, -0.2) is 4.39 Å². The van der Waals surface area contributed by atoms with E-state index in [1.807, 2.05) is 24.3 Å². The van der Waals surface area contributed by atoms with Crippen molar-refractivity contribution in [1.82, 2.24) is 5.32 Å². The van der Waals surface area contributed by atoms with E-state index in [-0.39, 0.29) is 23.6 Å². The molecule has 0 radical (unpaired) electrons. The van der Waals surface area contributed by atoms with Crippen molar-refractivity contribution in [2.75, 3.05) is 12.4 Å². The molecule has 5 nitrogen and oxygen atoms in total. The molecular formula is C22H19FN2O3. The van der Waals surface area contributed by atoms with Crippen LogP contribution in [0.2, 0.25) is 0 Å². The molecule has 28 heavy (non-hydrogen) atoms. The maximum Gasteiger partial charge on any atom is 0.258 e. The predicted molar refractivity (Wildman–Crippen MR) is 105 cm³/mol. The normalized spacial score (nSPS) is 10.2. The number of anilines is 1. The van der Waals surface area contributed by atoms with Gasteiger partial charge in [-0.15, -0.1) is 0 Å². The molecule has 0 saturated carbocycles. The first kappa shape index (κ1) is 19.1. The molecule has 0 aromatic heterocycles. The SMILES string of the molecule is COc1ccccc1CNC(=O)c1ccccc1NC(=O)c1ccccc1F. The molecule has 0 atom stereocenters. The lowest BCUT2D eigenvalue weighted by Crippen LogP contribution is -2.25. The van der Waals surface area contributed by atoms with E-state index < -0.39 is 11.7 Å². The summed E-state index contributed by atoms with van der Waals surface area (Å²) in [6, 6.07) is 19.6. The van der Waals surface area contributed by atoms with Crippen molar-refractivity contribution in [3.63, 3.8) is 0 Å². The zero-order valence-electron chi connectivity index (χ0n) is 15.2. The number of halogens is 1. The summed E-state index contributed by atoms with van der Waals surface area (Å²) in [4.78, 5) is 25.0. The van der Waals surface area contributed by atoms with Crippen LogP contribution >= 0.6 is 0 Å². The average Bonchev–Trinajstić information content (AvgIpc) is 2.72. The van der Waals surface area contributed by atoms with Crippen molar-refractivity contribution in [2.45, 2.75) is 6.54 Å². The minimum atomic E-state index is -0.627. The van der Waals surface area contributed by atoms with Crippen LogP contribution in [-0.2, 0) is 6.54 Å². The van der Waals surface area contributed by atoms with Gasteiger partial charge in [-0.2, -0.15) is 0 Å². The molecule has 2 amide bonds. The third-order valence-corrected chi connectivity index (χ3v) is 4.17. The number of amides is 2. The molecule has 0 bridgehead atoms. The van der Waals surface area contributed by atoms with E-state index in [4.69, 9.17) is 4.74 Å². The predicted octanol–water partition coefficient (Wildman–Crippen LogP) is 4.02. The molecular weight excluding hydrogens is 359 g/mol. The molecule has 3 rings (SSSR count). The third kappa shape index (κ3) is 4.35. The molecule has 0 saturated heterocycles. The largest absolute Gasteiger partial charge is 0.496 e. The lowest BCUT2D eigenvalue weighted by atomic mass is 10.1. The third-order valence-electron chi connectivity index (χ3n) is 4.17. The highest BCUT2D eigenvalue weighted by Crippen LogP contribution is 2.19. The Balaban J connectivity index is 1.75. The Kier molecular flexibility index (Phi) is 6.01. The second kappa shape index (κ2) is 8.81. The van der Waals surface area contributed by atoms with Crippen LogP contribution in [0.15, 0.2) is 72.8 Å². The molecule has 0 aliphatic rings. The van der Waals surface area contributed by atoms with Gasteiger partial charge in [-0.05, 0) is 30.3 Å². The van der Waals surface area contributed by atoms with Gasteiger partial charge in [-0.1, -0.05) is 42.5 Å². The average molecular weight is 378 g/mol. The number of rotatable bonds is 6. The molecule has 6 heteroatoms. The van der Waals surface area contributed by atoms with Gasteiger partial charge >= 0.3 is 0 Å². The molecule has 0 aliphatic heterocycles. The van der Waals surface area contributed by atoms with E-state index in [0.717, 1.165) is 5.56 Å². The summed E-state index contributed by atoms with van der Waals surface area (Å²) in [7, 11) is 1.56. The van der Waals surface area contributed by atoms with Crippen LogP contribution in [0, 0.1) is 5.82 Å². The molecule has 3 aromatic carbocycles. The van der Waals surface area contributed by atoms with Crippen LogP contribution in [0.1, 0.15) is 26.3 Å². The molecule has 0 heterocycles. The van der Waals surface area contributed by atoms with Crippen LogP contribution < -0.4 is 15.4 Å². The van der Waals surface area contributed by atoms with E-state index in [1.54, 1.807) is 37.4 Å². The number of methoxy groups -OCH3 is 1. The Morgan fingerprint density at radius 1 is 0.857 bits per heavy atom. The number of nitrogens with one attached hydrogen (secondary N) is 2. The monoisotopic (exact) mass is 378 g/mol. The topological polar surface area (TPSA) is 67.4 Å². The molecule has 0 unspecified atom stereocenters. The van der Waals surface area contributed by atoms with Crippen LogP contribution in [0.3, 0.4) is 0 Å². The first-order valence-corrected chi connectivity index (χ1v) is 8.65. The van der Waals surface area contributed by atoms with Crippen molar-refractivity contribution >= 4 is 17.5 Å². The molecule has 2 N–H and O–H groups in total. The highest BCUT2D eigenvalue weighted by atomic mass is 19.1. The van der Waals surface area contributed by atoms with Gasteiger partial charge in [-0.3, -0.25) is 9.59 Å². The summed E-state index contributed by atoms with van der Waals surface area (Å²) in [5.41, 5.74) is 1.31. The van der Waals surface area contributed by atoms with E-state index in [2.05, 4.69) is 10.6 Å². The van der Waals surface area contributed by atoms with Gasteiger partial charge in [0.25, 0.3) is 11.8 Å². The lowest BCUT2D eigenvalue weighted by molar-refractivity contribution is 0.0951. The fourth-order valence-electron chi connectivity index (χ4n) is 2.74. The number of para-hydroxylation sites is 2. The van der Waals surface area contributed by atoms with Crippen LogP contribution in [0.4, 0.5) is 10.1 Å². The minimum Gasteiger partial charge on any atom is -0.496 e. The quantitative estimate of drug-likeness (QED) is 0.681. The zero-order valence-corrected chi connectivity index (χ0v) is 15.2. The highest BCUT2D eigenvalue weighted by Gasteiger charge is 2.16. The van der Waals surface area contributed by atoms with Crippen molar-refractivity contribution < 1.29 is 18.7 Å². The second-order valence-corrected chi connectivity index (χ2v) is 5.97. The summed E-state index contributed by atoms with van der Waals surface area (Å²) >= 11 is 0. The van der Waals surface area contributed by atoms with Gasteiger partial charge in [0.05, 0.1) is 23.9 Å². The van der Waals surface area contributed by atoms with Crippen molar-refractivity contribution in [3.8, 4) is 5.75 Å². The van der Waals surface area contributed by atoms with Crippen LogP contribution in [0.5, 0.6) is 5.75 Å². The van der Waals surface area contributed by atoms with Crippen LogP contribution in [0.25, 0.3) is 0 Å². The maximum absolute atomic E-state index is 13.8. The smallest absolute Gasteiger partial charge is 0.258 e. The summed E-state index contributed by atoms with van der Waals surface area (Å²) in [5, 5.41) is 5.42. The Bertz CT molecular complexity index is 1000. The van der Waals surface area contributed by atoms with Crippen molar-refractivity contribution in [2.24, 2.45) is 0 Å². The number of benzene rings is 3. The lowest BCUT2D eigenvalue weighted by Gasteiger charge is -2.13. The first-order valence-electron chi connectivity index (χ1n) is 8.65. The number of carbonyl (C=O) groups excluding carboxylic acids is 2. The molecule has 142 valence electrons. The van der Waals surface area contributed by atoms with Gasteiger partial charge in [0, 0.05) is 12.1 Å². The zero-order chi connectivity index (χ0) is 19.9. The van der Waals surface area contributed by atoms with Gasteiger partial charge < -0.3 is 15.4 Å². The second-order valence-electron chi connectivity index (χ2n) is 5.97. The minimum absolute atomic E-state index is 0.0910. The maximum atomic E-state index is 13.8. The molecule has 3 aromatic rings. The fourth-order valence-corrected chi connectivity index (χ4v) is 2.74. The van der Waals surface area contributed by atoms with E-state index in [0.29, 0.717) is 11.4 Å². The van der Waals surface area contributed by atoms with E-state index >= 15 is 0 Å². The van der Waals surface area contributed by atoms with Crippen molar-refractivity contribution in [1.29, 1.82) is 0 Å². The Hall–Kier alpha value is -3.67. The highest BCUT2D eigenvalue weighted by molar-refractivity contribution is 6.09. The van der Waals surface area contributed by atoms with Crippen molar-refractivity contribution in [3.05, 3.63) is 95.3 Å². The summed E-state index contributed by atoms with van der Waals surface area (Å²) < 4.78 is 19.1. The van der Waals surface area contributed by atoms with E-state index in [9.17, 15) is 14.0 Å². The fraction of sp³-hybridized carbons (Fsp3) is 0.0909. The summed E-state index contributed by atoms with van der Waals surface area (Å²) in [6.45, 7) is 0.262.